The van der Waals surface area contributed by atoms with E-state index in [1.165, 1.54) is 0 Å². The van der Waals surface area contributed by atoms with Crippen LogP contribution in [0.2, 0.25) is 0 Å². The van der Waals surface area contributed by atoms with Gasteiger partial charge in [0.25, 0.3) is 0 Å². The lowest BCUT2D eigenvalue weighted by Gasteiger charge is -2.25. The van der Waals surface area contributed by atoms with Crippen LogP contribution in [0.15, 0.2) is 18.2 Å². The fourth-order valence-corrected chi connectivity index (χ4v) is 2.10. The van der Waals surface area contributed by atoms with Gasteiger partial charge in [-0.1, -0.05) is 6.07 Å². The van der Waals surface area contributed by atoms with E-state index < -0.39 is 0 Å². The average Bonchev–Trinajstić information content (AvgIpc) is 2.63. The molecule has 1 aromatic carbocycles. The Morgan fingerprint density at radius 2 is 2.33 bits per heavy atom. The molecule has 0 aliphatic carbocycles. The highest BCUT2D eigenvalue weighted by atomic mass is 16.2. The molecule has 0 spiro atoms. The van der Waals surface area contributed by atoms with Gasteiger partial charge in [-0.25, -0.2) is 4.98 Å². The Hall–Kier alpha value is -1.88. The highest BCUT2D eigenvalue weighted by Gasteiger charge is 2.24. The van der Waals surface area contributed by atoms with Gasteiger partial charge in [0, 0.05) is 19.6 Å². The van der Waals surface area contributed by atoms with Crippen LogP contribution >= 0.6 is 0 Å². The molecule has 2 aromatic rings. The number of nitrogens with one attached hydrogen (secondary N) is 3. The van der Waals surface area contributed by atoms with Crippen LogP contribution in [0.5, 0.6) is 0 Å². The van der Waals surface area contributed by atoms with Crippen LogP contribution < -0.4 is 10.6 Å². The number of benzene rings is 1. The third kappa shape index (κ3) is 2.09. The summed E-state index contributed by atoms with van der Waals surface area (Å²) in [4.78, 5) is 19.2. The van der Waals surface area contributed by atoms with E-state index >= 15 is 0 Å². The predicted molar refractivity (Wildman–Crippen MR) is 69.0 cm³/mol. The van der Waals surface area contributed by atoms with Gasteiger partial charge in [-0.05, 0) is 24.6 Å². The van der Waals surface area contributed by atoms with Crippen LogP contribution in [-0.2, 0) is 11.3 Å². The Morgan fingerprint density at radius 3 is 3.06 bits per heavy atom. The van der Waals surface area contributed by atoms with E-state index in [4.69, 9.17) is 0 Å². The molecule has 1 aliphatic rings. The molecule has 1 saturated heterocycles. The standard InChI is InChI=1S/C13H16N4O/c1-8-16-11-3-2-9(4-12(11)17-8)5-15-13(18)10-6-14-7-10/h2-4,10,14H,5-7H2,1H3,(H,15,18)(H,16,17). The highest BCUT2D eigenvalue weighted by Crippen LogP contribution is 2.13. The normalized spacial score (nSPS) is 15.6. The minimum absolute atomic E-state index is 0.134. The Kier molecular flexibility index (Phi) is 2.76. The van der Waals surface area contributed by atoms with Gasteiger partial charge in [0.1, 0.15) is 5.82 Å². The zero-order chi connectivity index (χ0) is 12.5. The number of aryl methyl sites for hydroxylation is 1. The van der Waals surface area contributed by atoms with Gasteiger partial charge in [0.15, 0.2) is 0 Å². The lowest BCUT2D eigenvalue weighted by molar-refractivity contribution is -0.126. The molecule has 1 aliphatic heterocycles. The molecule has 3 rings (SSSR count). The van der Waals surface area contributed by atoms with Crippen molar-refractivity contribution < 1.29 is 4.79 Å². The average molecular weight is 244 g/mol. The van der Waals surface area contributed by atoms with Crippen molar-refractivity contribution >= 4 is 16.9 Å². The summed E-state index contributed by atoms with van der Waals surface area (Å²) < 4.78 is 0. The van der Waals surface area contributed by atoms with Crippen LogP contribution in [0.1, 0.15) is 11.4 Å². The second-order valence-electron chi connectivity index (χ2n) is 4.75. The number of fused-ring (bicyclic) bond motifs is 1. The molecule has 0 unspecified atom stereocenters. The SMILES string of the molecule is Cc1nc2ccc(CNC(=O)C3CNC3)cc2[nH]1. The number of hydrogen-bond acceptors (Lipinski definition) is 3. The van der Waals surface area contributed by atoms with E-state index in [1.54, 1.807) is 0 Å². The summed E-state index contributed by atoms with van der Waals surface area (Å²) in [5.74, 6) is 1.18. The van der Waals surface area contributed by atoms with Crippen LogP contribution in [0.4, 0.5) is 0 Å². The number of aromatic nitrogens is 2. The molecule has 18 heavy (non-hydrogen) atoms. The minimum Gasteiger partial charge on any atom is -0.352 e. The van der Waals surface area contributed by atoms with E-state index in [0.29, 0.717) is 6.54 Å². The number of hydrogen-bond donors (Lipinski definition) is 3. The number of H-pyrrole nitrogens is 1. The topological polar surface area (TPSA) is 69.8 Å². The zero-order valence-corrected chi connectivity index (χ0v) is 10.3. The van der Waals surface area contributed by atoms with Gasteiger partial charge in [-0.2, -0.15) is 0 Å². The van der Waals surface area contributed by atoms with Crippen molar-refractivity contribution in [1.82, 2.24) is 20.6 Å². The number of imidazole rings is 1. The van der Waals surface area contributed by atoms with E-state index in [1.807, 2.05) is 25.1 Å². The molecule has 1 aromatic heterocycles. The molecule has 5 nitrogen and oxygen atoms in total. The van der Waals surface area contributed by atoms with Crippen LogP contribution in [0, 0.1) is 12.8 Å². The summed E-state index contributed by atoms with van der Waals surface area (Å²) in [7, 11) is 0. The molecule has 0 saturated carbocycles. The van der Waals surface area contributed by atoms with Crippen LogP contribution in [0.25, 0.3) is 11.0 Å². The van der Waals surface area contributed by atoms with Crippen molar-refractivity contribution in [3.8, 4) is 0 Å². The zero-order valence-electron chi connectivity index (χ0n) is 10.3. The predicted octanol–water partition coefficient (Wildman–Crippen LogP) is 0.707. The van der Waals surface area contributed by atoms with Gasteiger partial charge in [0.2, 0.25) is 5.91 Å². The first kappa shape index (κ1) is 11.2. The molecule has 1 fully saturated rings. The lowest BCUT2D eigenvalue weighted by Crippen LogP contribution is -2.50. The molecule has 2 heterocycles. The lowest BCUT2D eigenvalue weighted by atomic mass is 10.0. The molecule has 94 valence electrons. The second-order valence-corrected chi connectivity index (χ2v) is 4.75. The number of amides is 1. The number of rotatable bonds is 3. The number of aromatic amines is 1. The van der Waals surface area contributed by atoms with Gasteiger partial charge >= 0.3 is 0 Å². The summed E-state index contributed by atoms with van der Waals surface area (Å²) in [5, 5.41) is 6.05. The summed E-state index contributed by atoms with van der Waals surface area (Å²) in [6, 6.07) is 6.02. The molecule has 0 bridgehead atoms. The van der Waals surface area contributed by atoms with Crippen LogP contribution in [-0.4, -0.2) is 29.0 Å². The summed E-state index contributed by atoms with van der Waals surface area (Å²) in [6.45, 7) is 4.10. The minimum atomic E-state index is 0.134. The molecule has 1 amide bonds. The van der Waals surface area contributed by atoms with E-state index in [-0.39, 0.29) is 11.8 Å². The summed E-state index contributed by atoms with van der Waals surface area (Å²) in [5.41, 5.74) is 3.07. The molecular weight excluding hydrogens is 228 g/mol. The van der Waals surface area contributed by atoms with Crippen molar-refractivity contribution in [2.75, 3.05) is 13.1 Å². The van der Waals surface area contributed by atoms with Crippen molar-refractivity contribution in [3.05, 3.63) is 29.6 Å². The maximum atomic E-state index is 11.7. The van der Waals surface area contributed by atoms with Crippen molar-refractivity contribution in [2.45, 2.75) is 13.5 Å². The smallest absolute Gasteiger partial charge is 0.225 e. The van der Waals surface area contributed by atoms with E-state index in [0.717, 1.165) is 35.5 Å². The third-order valence-electron chi connectivity index (χ3n) is 3.28. The quantitative estimate of drug-likeness (QED) is 0.744. The van der Waals surface area contributed by atoms with E-state index in [9.17, 15) is 4.79 Å². The summed E-state index contributed by atoms with van der Waals surface area (Å²) in [6.07, 6.45) is 0. The first-order chi connectivity index (χ1) is 8.72. The Labute approximate surface area is 105 Å². The Balaban J connectivity index is 1.68. The molecular formula is C13H16N4O. The molecule has 0 radical (unpaired) electrons. The van der Waals surface area contributed by atoms with Gasteiger partial charge in [-0.3, -0.25) is 4.79 Å². The molecule has 3 N–H and O–H groups in total. The first-order valence-electron chi connectivity index (χ1n) is 6.16. The number of carbonyl (C=O) groups excluding carboxylic acids is 1. The second kappa shape index (κ2) is 4.42. The van der Waals surface area contributed by atoms with Crippen molar-refractivity contribution in [3.63, 3.8) is 0 Å². The monoisotopic (exact) mass is 244 g/mol. The van der Waals surface area contributed by atoms with Crippen molar-refractivity contribution in [1.29, 1.82) is 0 Å². The highest BCUT2D eigenvalue weighted by molar-refractivity contribution is 5.80. The van der Waals surface area contributed by atoms with E-state index in [2.05, 4.69) is 20.6 Å². The Bertz CT molecular complexity index is 586. The van der Waals surface area contributed by atoms with Gasteiger partial charge in [0.05, 0.1) is 17.0 Å². The van der Waals surface area contributed by atoms with Crippen LogP contribution in [0.3, 0.4) is 0 Å². The third-order valence-corrected chi connectivity index (χ3v) is 3.28. The number of nitrogens with zero attached hydrogens (tertiary/aromatic N) is 1. The first-order valence-corrected chi connectivity index (χ1v) is 6.16. The fourth-order valence-electron chi connectivity index (χ4n) is 2.10. The molecule has 0 atom stereocenters. The van der Waals surface area contributed by atoms with Crippen molar-refractivity contribution in [2.24, 2.45) is 5.92 Å². The maximum absolute atomic E-state index is 11.7. The fraction of sp³-hybridized carbons (Fsp3) is 0.385. The maximum Gasteiger partial charge on any atom is 0.225 e. The van der Waals surface area contributed by atoms with Gasteiger partial charge in [-0.15, -0.1) is 0 Å². The Morgan fingerprint density at radius 1 is 1.50 bits per heavy atom. The van der Waals surface area contributed by atoms with Gasteiger partial charge < -0.3 is 15.6 Å². The molecule has 5 heteroatoms. The summed E-state index contributed by atoms with van der Waals surface area (Å²) >= 11 is 0. The largest absolute Gasteiger partial charge is 0.352 e. The number of carbonyl (C=O) groups is 1.